The summed E-state index contributed by atoms with van der Waals surface area (Å²) in [4.78, 5) is 39.1. The predicted octanol–water partition coefficient (Wildman–Crippen LogP) is 1.55. The maximum absolute atomic E-state index is 12.6. The number of para-hydroxylation sites is 1. The third-order valence-electron chi connectivity index (χ3n) is 5.37. The summed E-state index contributed by atoms with van der Waals surface area (Å²) in [6.07, 6.45) is 1.51. The zero-order valence-corrected chi connectivity index (χ0v) is 15.8. The van der Waals surface area contributed by atoms with Gasteiger partial charge in [0.25, 0.3) is 0 Å². The second-order valence-electron chi connectivity index (χ2n) is 7.18. The molecule has 1 N–H and O–H groups in total. The van der Waals surface area contributed by atoms with E-state index in [9.17, 15) is 14.4 Å². The van der Waals surface area contributed by atoms with Crippen LogP contribution in [-0.2, 0) is 14.3 Å². The number of ether oxygens (including phenoxy) is 2. The van der Waals surface area contributed by atoms with E-state index >= 15 is 0 Å². The maximum atomic E-state index is 12.6. The summed E-state index contributed by atoms with van der Waals surface area (Å²) in [5.41, 5.74) is -0.0799. The third-order valence-corrected chi connectivity index (χ3v) is 5.37. The summed E-state index contributed by atoms with van der Waals surface area (Å²) in [7, 11) is 1.57. The number of hydrogen-bond acceptors (Lipinski definition) is 5. The van der Waals surface area contributed by atoms with E-state index in [0.717, 1.165) is 0 Å². The number of rotatable bonds is 5. The molecule has 2 aliphatic heterocycles. The number of benzene rings is 1. The minimum Gasteiger partial charge on any atom is -0.486 e. The second kappa shape index (κ2) is 8.08. The second-order valence-corrected chi connectivity index (χ2v) is 7.18. The Morgan fingerprint density at radius 2 is 2.11 bits per heavy atom. The molecule has 7 nitrogen and oxygen atoms in total. The molecule has 0 bridgehead atoms. The van der Waals surface area contributed by atoms with Gasteiger partial charge in [0.2, 0.25) is 11.8 Å². The van der Waals surface area contributed by atoms with Crippen molar-refractivity contribution in [2.24, 2.45) is 0 Å². The number of methoxy groups -OCH3 is 1. The molecule has 1 fully saturated rings. The lowest BCUT2D eigenvalue weighted by molar-refractivity contribution is -0.139. The Balaban J connectivity index is 1.70. The molecule has 2 aliphatic rings. The van der Waals surface area contributed by atoms with Crippen molar-refractivity contribution in [3.05, 3.63) is 29.8 Å². The molecule has 146 valence electrons. The molecule has 1 spiro atoms. The molecule has 1 saturated heterocycles. The topological polar surface area (TPSA) is 84.9 Å². The van der Waals surface area contributed by atoms with Gasteiger partial charge in [-0.05, 0) is 25.5 Å². The average Bonchev–Trinajstić information content (AvgIpc) is 2.81. The Kier molecular flexibility index (Phi) is 5.79. The first-order valence-corrected chi connectivity index (χ1v) is 9.33. The van der Waals surface area contributed by atoms with Crippen LogP contribution in [0.25, 0.3) is 0 Å². The van der Waals surface area contributed by atoms with E-state index < -0.39 is 11.6 Å². The number of carbonyl (C=O) groups is 3. The first kappa shape index (κ1) is 19.4. The van der Waals surface area contributed by atoms with Crippen LogP contribution in [0.15, 0.2) is 24.3 Å². The molecule has 27 heavy (non-hydrogen) atoms. The van der Waals surface area contributed by atoms with Gasteiger partial charge < -0.3 is 19.7 Å². The SMILES string of the molecule is COCCNC(=O)[C@H](C)N1CC[C@@]2(CCC1=O)CC(=O)c1ccccc1O2. The largest absolute Gasteiger partial charge is 0.486 e. The van der Waals surface area contributed by atoms with Crippen molar-refractivity contribution < 1.29 is 23.9 Å². The minimum absolute atomic E-state index is 0.0445. The lowest BCUT2D eigenvalue weighted by atomic mass is 9.84. The number of nitrogens with one attached hydrogen (secondary N) is 1. The van der Waals surface area contributed by atoms with Crippen LogP contribution < -0.4 is 10.1 Å². The van der Waals surface area contributed by atoms with Crippen LogP contribution in [0, 0.1) is 0 Å². The summed E-state index contributed by atoms with van der Waals surface area (Å²) < 4.78 is 11.1. The van der Waals surface area contributed by atoms with Crippen LogP contribution in [-0.4, -0.2) is 60.9 Å². The standard InChI is InChI=1S/C20H26N2O5/c1-14(19(25)21-10-12-26-2)22-11-9-20(8-7-18(22)24)13-16(23)15-5-3-4-6-17(15)27-20/h3-6,14H,7-13H2,1-2H3,(H,21,25)/t14-,20-/m0/s1. The van der Waals surface area contributed by atoms with Crippen LogP contribution in [0.5, 0.6) is 5.75 Å². The van der Waals surface area contributed by atoms with Crippen molar-refractivity contribution >= 4 is 17.6 Å². The lowest BCUT2D eigenvalue weighted by Crippen LogP contribution is -2.49. The number of amides is 2. The summed E-state index contributed by atoms with van der Waals surface area (Å²) >= 11 is 0. The highest BCUT2D eigenvalue weighted by Crippen LogP contribution is 2.39. The fourth-order valence-corrected chi connectivity index (χ4v) is 3.75. The highest BCUT2D eigenvalue weighted by molar-refractivity contribution is 6.00. The van der Waals surface area contributed by atoms with Crippen LogP contribution in [0.1, 0.15) is 43.0 Å². The van der Waals surface area contributed by atoms with Crippen LogP contribution in [0.3, 0.4) is 0 Å². The molecule has 2 atom stereocenters. The molecule has 2 heterocycles. The summed E-state index contributed by atoms with van der Waals surface area (Å²) in [6.45, 7) is 2.93. The van der Waals surface area contributed by atoms with Gasteiger partial charge in [-0.25, -0.2) is 0 Å². The molecule has 0 aromatic heterocycles. The van der Waals surface area contributed by atoms with E-state index in [2.05, 4.69) is 5.32 Å². The van der Waals surface area contributed by atoms with Gasteiger partial charge >= 0.3 is 0 Å². The molecule has 1 aromatic carbocycles. The van der Waals surface area contributed by atoms with Gasteiger partial charge in [-0.15, -0.1) is 0 Å². The minimum atomic E-state index is -0.678. The van der Waals surface area contributed by atoms with E-state index in [1.54, 1.807) is 31.1 Å². The van der Waals surface area contributed by atoms with E-state index in [1.165, 1.54) is 0 Å². The number of Topliss-reactive ketones (excluding diaryl/α,β-unsaturated/α-hetero) is 1. The van der Waals surface area contributed by atoms with E-state index in [4.69, 9.17) is 9.47 Å². The lowest BCUT2D eigenvalue weighted by Gasteiger charge is -2.37. The van der Waals surface area contributed by atoms with Gasteiger partial charge in [0.15, 0.2) is 5.78 Å². The molecule has 2 amide bonds. The van der Waals surface area contributed by atoms with Gasteiger partial charge in [-0.2, -0.15) is 0 Å². The Labute approximate surface area is 159 Å². The van der Waals surface area contributed by atoms with E-state index in [-0.39, 0.29) is 30.4 Å². The van der Waals surface area contributed by atoms with Crippen molar-refractivity contribution in [1.29, 1.82) is 0 Å². The first-order valence-electron chi connectivity index (χ1n) is 9.33. The molecule has 0 aliphatic carbocycles. The number of carbonyl (C=O) groups excluding carboxylic acids is 3. The predicted molar refractivity (Wildman–Crippen MR) is 98.7 cm³/mol. The normalized spacial score (nSPS) is 23.4. The Hall–Kier alpha value is -2.41. The van der Waals surface area contributed by atoms with Crippen molar-refractivity contribution in [3.8, 4) is 5.75 Å². The monoisotopic (exact) mass is 374 g/mol. The average molecular weight is 374 g/mol. The summed E-state index contributed by atoms with van der Waals surface area (Å²) in [5, 5.41) is 2.77. The highest BCUT2D eigenvalue weighted by atomic mass is 16.5. The number of nitrogens with zero attached hydrogens (tertiary/aromatic N) is 1. The molecule has 1 aromatic rings. The van der Waals surface area contributed by atoms with Crippen LogP contribution in [0.2, 0.25) is 0 Å². The number of likely N-dealkylation sites (tertiary alicyclic amines) is 1. The fraction of sp³-hybridized carbons (Fsp3) is 0.550. The molecular weight excluding hydrogens is 348 g/mol. The summed E-state index contributed by atoms with van der Waals surface area (Å²) in [5.74, 6) is 0.335. The molecule has 3 rings (SSSR count). The molecular formula is C20H26N2O5. The quantitative estimate of drug-likeness (QED) is 0.791. The van der Waals surface area contributed by atoms with Gasteiger partial charge in [0.05, 0.1) is 18.6 Å². The fourth-order valence-electron chi connectivity index (χ4n) is 3.75. The number of fused-ring (bicyclic) bond motifs is 1. The van der Waals surface area contributed by atoms with Gasteiger partial charge in [-0.3, -0.25) is 14.4 Å². The maximum Gasteiger partial charge on any atom is 0.242 e. The highest BCUT2D eigenvalue weighted by Gasteiger charge is 2.44. The molecule has 7 heteroatoms. The molecule has 0 unspecified atom stereocenters. The molecule has 0 radical (unpaired) electrons. The number of ketones is 1. The van der Waals surface area contributed by atoms with Gasteiger partial charge in [-0.1, -0.05) is 12.1 Å². The molecule has 0 saturated carbocycles. The van der Waals surface area contributed by atoms with Gasteiger partial charge in [0.1, 0.15) is 17.4 Å². The third kappa shape index (κ3) is 4.13. The van der Waals surface area contributed by atoms with Crippen LogP contribution >= 0.6 is 0 Å². The van der Waals surface area contributed by atoms with Crippen LogP contribution in [0.4, 0.5) is 0 Å². The Morgan fingerprint density at radius 1 is 1.33 bits per heavy atom. The van der Waals surface area contributed by atoms with E-state index in [0.29, 0.717) is 43.9 Å². The first-order chi connectivity index (χ1) is 13.0. The summed E-state index contributed by atoms with van der Waals surface area (Å²) in [6, 6.07) is 6.65. The Bertz CT molecular complexity index is 735. The number of hydrogen-bond donors (Lipinski definition) is 1. The van der Waals surface area contributed by atoms with Crippen molar-refractivity contribution in [1.82, 2.24) is 10.2 Å². The van der Waals surface area contributed by atoms with Gasteiger partial charge in [0, 0.05) is 33.0 Å². The van der Waals surface area contributed by atoms with Crippen molar-refractivity contribution in [3.63, 3.8) is 0 Å². The zero-order valence-electron chi connectivity index (χ0n) is 15.8. The Morgan fingerprint density at radius 3 is 2.89 bits per heavy atom. The van der Waals surface area contributed by atoms with Crippen molar-refractivity contribution in [2.45, 2.75) is 44.2 Å². The zero-order chi connectivity index (χ0) is 19.4. The van der Waals surface area contributed by atoms with E-state index in [1.807, 2.05) is 12.1 Å². The van der Waals surface area contributed by atoms with Crippen molar-refractivity contribution in [2.75, 3.05) is 26.8 Å². The smallest absolute Gasteiger partial charge is 0.242 e.